The number of amides is 1. The summed E-state index contributed by atoms with van der Waals surface area (Å²) in [5.74, 6) is -0.998. The molecule has 1 heterocycles. The van der Waals surface area contributed by atoms with E-state index in [9.17, 15) is 9.90 Å². The molecule has 0 radical (unpaired) electrons. The standard InChI is InChI=1S/C11H16Cl3N7O4/c1-5-6(19-21-16)8(22)7(18-10(23)11(12,13)14)9(25-5)24-4-2-3-17-20-15/h5-9,22H,2-4H2,1H3,(H,18,23)/t5-,6+,7-,8+,9-/m1/s1. The van der Waals surface area contributed by atoms with Gasteiger partial charge in [0, 0.05) is 23.0 Å². The van der Waals surface area contributed by atoms with Crippen molar-refractivity contribution in [3.63, 3.8) is 0 Å². The van der Waals surface area contributed by atoms with Crippen LogP contribution < -0.4 is 5.32 Å². The van der Waals surface area contributed by atoms with Crippen molar-refractivity contribution >= 4 is 40.7 Å². The van der Waals surface area contributed by atoms with E-state index in [0.29, 0.717) is 6.42 Å². The molecule has 2 N–H and O–H groups in total. The summed E-state index contributed by atoms with van der Waals surface area (Å²) in [6.07, 6.45) is -2.72. The Labute approximate surface area is 157 Å². The van der Waals surface area contributed by atoms with Gasteiger partial charge in [-0.25, -0.2) is 0 Å². The number of halogens is 3. The van der Waals surface area contributed by atoms with Crippen molar-refractivity contribution in [2.45, 2.75) is 47.7 Å². The molecule has 1 aliphatic heterocycles. The number of aliphatic hydroxyl groups excluding tert-OH is 1. The van der Waals surface area contributed by atoms with Crippen molar-refractivity contribution in [3.05, 3.63) is 20.9 Å². The highest BCUT2D eigenvalue weighted by Crippen LogP contribution is 2.29. The van der Waals surface area contributed by atoms with Gasteiger partial charge in [0.25, 0.3) is 9.70 Å². The fourth-order valence-corrected chi connectivity index (χ4v) is 2.32. The van der Waals surface area contributed by atoms with Gasteiger partial charge in [0.05, 0.1) is 18.2 Å². The number of nitrogens with one attached hydrogen (secondary N) is 1. The van der Waals surface area contributed by atoms with E-state index in [0.717, 1.165) is 0 Å². The van der Waals surface area contributed by atoms with Crippen molar-refractivity contribution in [3.8, 4) is 0 Å². The lowest BCUT2D eigenvalue weighted by molar-refractivity contribution is -0.233. The van der Waals surface area contributed by atoms with Crippen LogP contribution >= 0.6 is 34.8 Å². The summed E-state index contributed by atoms with van der Waals surface area (Å²) in [7, 11) is 0. The lowest BCUT2D eigenvalue weighted by atomic mass is 9.95. The van der Waals surface area contributed by atoms with Gasteiger partial charge in [-0.15, -0.1) is 0 Å². The van der Waals surface area contributed by atoms with E-state index in [1.54, 1.807) is 6.92 Å². The Bertz CT molecular complexity index is 562. The van der Waals surface area contributed by atoms with Crippen LogP contribution in [0.15, 0.2) is 10.2 Å². The third-order valence-electron chi connectivity index (χ3n) is 3.33. The average Bonchev–Trinajstić information content (AvgIpc) is 2.53. The van der Waals surface area contributed by atoms with Crippen molar-refractivity contribution < 1.29 is 19.4 Å². The first-order valence-electron chi connectivity index (χ1n) is 7.10. The first-order valence-corrected chi connectivity index (χ1v) is 8.23. The van der Waals surface area contributed by atoms with Crippen LogP contribution in [0, 0.1) is 0 Å². The summed E-state index contributed by atoms with van der Waals surface area (Å²) in [5, 5.41) is 19.6. The van der Waals surface area contributed by atoms with Crippen LogP contribution in [0.25, 0.3) is 20.9 Å². The van der Waals surface area contributed by atoms with Crippen LogP contribution in [0.5, 0.6) is 0 Å². The molecule has 14 heteroatoms. The number of hydrogen-bond donors (Lipinski definition) is 2. The highest BCUT2D eigenvalue weighted by Gasteiger charge is 2.46. The molecule has 0 unspecified atom stereocenters. The third-order valence-corrected chi connectivity index (χ3v) is 3.84. The lowest BCUT2D eigenvalue weighted by Crippen LogP contribution is -2.64. The van der Waals surface area contributed by atoms with Gasteiger partial charge < -0.3 is 19.9 Å². The highest BCUT2D eigenvalue weighted by atomic mass is 35.6. The number of alkyl halides is 3. The monoisotopic (exact) mass is 415 g/mol. The quantitative estimate of drug-likeness (QED) is 0.214. The zero-order valence-corrected chi connectivity index (χ0v) is 15.3. The van der Waals surface area contributed by atoms with Gasteiger partial charge in [0.2, 0.25) is 0 Å². The number of carbonyl (C=O) groups excluding carboxylic acids is 1. The molecular formula is C11H16Cl3N7O4. The molecule has 25 heavy (non-hydrogen) atoms. The summed E-state index contributed by atoms with van der Waals surface area (Å²) in [6, 6.07) is -2.12. The van der Waals surface area contributed by atoms with Crippen LogP contribution in [-0.2, 0) is 14.3 Å². The van der Waals surface area contributed by atoms with Crippen LogP contribution in [-0.4, -0.2) is 58.5 Å². The van der Waals surface area contributed by atoms with Crippen molar-refractivity contribution in [2.24, 2.45) is 10.2 Å². The molecular weight excluding hydrogens is 401 g/mol. The van der Waals surface area contributed by atoms with Crippen LogP contribution in [0.4, 0.5) is 0 Å². The number of rotatable bonds is 7. The molecule has 0 aromatic rings. The molecule has 0 bridgehead atoms. The fraction of sp³-hybridized carbons (Fsp3) is 0.909. The number of ether oxygens (including phenoxy) is 2. The molecule has 0 aromatic heterocycles. The van der Waals surface area contributed by atoms with E-state index in [2.05, 4.69) is 25.4 Å². The Hall–Kier alpha value is -1.16. The molecule has 1 amide bonds. The Kier molecular flexibility index (Phi) is 8.84. The van der Waals surface area contributed by atoms with Crippen LogP contribution in [0.3, 0.4) is 0 Å². The van der Waals surface area contributed by atoms with Crippen LogP contribution in [0.1, 0.15) is 13.3 Å². The Balaban J connectivity index is 2.87. The molecule has 1 rings (SSSR count). The van der Waals surface area contributed by atoms with E-state index >= 15 is 0 Å². The molecule has 140 valence electrons. The molecule has 0 spiro atoms. The van der Waals surface area contributed by atoms with Crippen LogP contribution in [0.2, 0.25) is 0 Å². The molecule has 0 aliphatic carbocycles. The van der Waals surface area contributed by atoms with Crippen molar-refractivity contribution in [2.75, 3.05) is 13.2 Å². The smallest absolute Gasteiger partial charge is 0.272 e. The minimum absolute atomic E-state index is 0.120. The van der Waals surface area contributed by atoms with Crippen molar-refractivity contribution in [1.29, 1.82) is 0 Å². The number of azide groups is 2. The summed E-state index contributed by atoms with van der Waals surface area (Å²) >= 11 is 16.5. The predicted molar refractivity (Wildman–Crippen MR) is 90.1 cm³/mol. The number of hydrogen-bond acceptors (Lipinski definition) is 6. The highest BCUT2D eigenvalue weighted by molar-refractivity contribution is 6.76. The van der Waals surface area contributed by atoms with Gasteiger partial charge in [-0.3, -0.25) is 4.79 Å². The average molecular weight is 417 g/mol. The Morgan fingerprint density at radius 3 is 2.64 bits per heavy atom. The summed E-state index contributed by atoms with van der Waals surface area (Å²) < 4.78 is 8.78. The number of carbonyl (C=O) groups is 1. The Morgan fingerprint density at radius 1 is 1.40 bits per heavy atom. The first kappa shape index (κ1) is 21.9. The summed E-state index contributed by atoms with van der Waals surface area (Å²) in [5.41, 5.74) is 16.8. The minimum Gasteiger partial charge on any atom is -0.390 e. The maximum absolute atomic E-state index is 11.9. The lowest BCUT2D eigenvalue weighted by Gasteiger charge is -2.42. The molecule has 0 aromatic carbocycles. The maximum atomic E-state index is 11.9. The second-order valence-electron chi connectivity index (χ2n) is 5.07. The van der Waals surface area contributed by atoms with Gasteiger partial charge in [-0.05, 0) is 24.4 Å². The minimum atomic E-state index is -2.26. The molecule has 0 saturated carbocycles. The van der Waals surface area contributed by atoms with Gasteiger partial charge in [-0.1, -0.05) is 45.0 Å². The molecule has 1 fully saturated rings. The number of aliphatic hydroxyl groups is 1. The van der Waals surface area contributed by atoms with Gasteiger partial charge >= 0.3 is 0 Å². The first-order chi connectivity index (χ1) is 11.7. The third kappa shape index (κ3) is 6.58. The van der Waals surface area contributed by atoms with Gasteiger partial charge in [-0.2, -0.15) is 0 Å². The SMILES string of the molecule is C[C@H]1O[C@@H](OCCCN=[N+]=[N-])[C@H](NC(=O)C(Cl)(Cl)Cl)[C@@H](O)[C@H]1N=[N+]=[N-]. The predicted octanol–water partition coefficient (Wildman–Crippen LogP) is 2.34. The van der Waals surface area contributed by atoms with E-state index in [4.69, 9.17) is 55.3 Å². The zero-order valence-electron chi connectivity index (χ0n) is 13.0. The molecule has 5 atom stereocenters. The normalized spacial score (nSPS) is 29.2. The molecule has 1 aliphatic rings. The van der Waals surface area contributed by atoms with Gasteiger partial charge in [0.15, 0.2) is 6.29 Å². The zero-order chi connectivity index (χ0) is 19.0. The van der Waals surface area contributed by atoms with E-state index < -0.39 is 40.3 Å². The topological polar surface area (TPSA) is 165 Å². The second-order valence-corrected chi connectivity index (χ2v) is 7.35. The van der Waals surface area contributed by atoms with Crippen molar-refractivity contribution in [1.82, 2.24) is 5.32 Å². The van der Waals surface area contributed by atoms with Gasteiger partial charge in [0.1, 0.15) is 6.04 Å². The summed E-state index contributed by atoms with van der Waals surface area (Å²) in [4.78, 5) is 17.2. The van der Waals surface area contributed by atoms with E-state index in [-0.39, 0.29) is 13.2 Å². The summed E-state index contributed by atoms with van der Waals surface area (Å²) in [6.45, 7) is 1.90. The molecule has 11 nitrogen and oxygen atoms in total. The maximum Gasteiger partial charge on any atom is 0.272 e. The fourth-order valence-electron chi connectivity index (χ4n) is 2.16. The largest absolute Gasteiger partial charge is 0.390 e. The second kappa shape index (κ2) is 10.1. The van der Waals surface area contributed by atoms with E-state index in [1.165, 1.54) is 0 Å². The van der Waals surface area contributed by atoms with E-state index in [1.807, 2.05) is 0 Å². The Morgan fingerprint density at radius 2 is 2.08 bits per heavy atom. The molecule has 1 saturated heterocycles. The number of nitrogens with zero attached hydrogens (tertiary/aromatic N) is 6.